The molecular formula is C93H169NO4. The first-order valence-corrected chi connectivity index (χ1v) is 43.8. The van der Waals surface area contributed by atoms with Crippen LogP contribution < -0.4 is 0 Å². The molecular weight excluding hydrogens is 1200 g/mol. The minimum absolute atomic E-state index is 0. The van der Waals surface area contributed by atoms with Crippen LogP contribution in [0.1, 0.15) is 353 Å². The lowest BCUT2D eigenvalue weighted by Gasteiger charge is -2.73. The number of aliphatic hydroxyl groups excluding tert-OH is 1. The van der Waals surface area contributed by atoms with Crippen molar-refractivity contribution < 1.29 is 19.4 Å². The van der Waals surface area contributed by atoms with Gasteiger partial charge in [0.2, 0.25) is 5.91 Å². The number of amides is 1. The van der Waals surface area contributed by atoms with Crippen LogP contribution in [0.5, 0.6) is 0 Å². The molecule has 1 amide bonds. The van der Waals surface area contributed by atoms with Crippen molar-refractivity contribution in [3.05, 3.63) is 0 Å². The Hall–Kier alpha value is -0.650. The number of ether oxygens (including phenoxy) is 2. The average molecular weight is 1370 g/mol. The minimum atomic E-state index is 0. The molecule has 15 aliphatic carbocycles. The Bertz CT molecular complexity index is 2360. The van der Waals surface area contributed by atoms with Gasteiger partial charge in [0.15, 0.2) is 0 Å². The maximum absolute atomic E-state index is 11.2. The molecule has 5 heterocycles. The zero-order valence-corrected chi connectivity index (χ0v) is 68.6. The maximum atomic E-state index is 11.2. The summed E-state index contributed by atoms with van der Waals surface area (Å²) in [5, 5.41) is 9.31. The van der Waals surface area contributed by atoms with Gasteiger partial charge in [-0.05, 0) is 360 Å². The SMILES string of the molecule is C.CC(=O)N1CCC2(CC1)CC2C(C)C.CC(C)C12CC(C1)C2.CC(C)C1C2CCC(C2)C1CO.CC(C)C1C2CCCC21.CC(C)C1CC2CCC1O2.CC(C)C1CC2OC1CC2C.CC1CC2(C1)CC(C(C)C)C2.CC1CC2CC(C(C)C)CC2C1.CCC12CC(C(C)C)(C1)C2. The third kappa shape index (κ3) is 18.1. The average Bonchev–Trinajstić information content (AvgIpc) is 1.11. The molecule has 20 aliphatic rings. The lowest BCUT2D eigenvalue weighted by atomic mass is 9.32. The number of carbonyl (C=O) groups excluding carboxylic acids is 1. The molecule has 0 aromatic carbocycles. The molecule has 15 saturated carbocycles. The number of carbonyl (C=O) groups is 1. The molecule has 0 aromatic heterocycles. The van der Waals surface area contributed by atoms with Crippen molar-refractivity contribution in [2.24, 2.45) is 187 Å². The van der Waals surface area contributed by atoms with E-state index in [1.165, 1.54) is 121 Å². The third-order valence-corrected chi connectivity index (χ3v) is 33.7. The maximum Gasteiger partial charge on any atom is 0.219 e. The zero-order valence-electron chi connectivity index (χ0n) is 68.6. The van der Waals surface area contributed by atoms with E-state index in [-0.39, 0.29) is 13.3 Å². The van der Waals surface area contributed by atoms with Crippen LogP contribution >= 0.6 is 0 Å². The number of likely N-dealkylation sites (tertiary alicyclic amines) is 1. The largest absolute Gasteiger partial charge is 0.396 e. The van der Waals surface area contributed by atoms with Gasteiger partial charge < -0.3 is 19.5 Å². The Balaban J connectivity index is 0.000000129. The zero-order chi connectivity index (χ0) is 70.6. The molecule has 1 N–H and O–H groups in total. The summed E-state index contributed by atoms with van der Waals surface area (Å²) in [7, 11) is 0. The Kier molecular flexibility index (Phi) is 27.6. The van der Waals surface area contributed by atoms with E-state index in [0.717, 1.165) is 177 Å². The van der Waals surface area contributed by atoms with Gasteiger partial charge in [0, 0.05) is 26.6 Å². The first kappa shape index (κ1) is 81.4. The molecule has 16 atom stereocenters. The molecule has 570 valence electrons. The lowest BCUT2D eigenvalue weighted by molar-refractivity contribution is -0.230. The van der Waals surface area contributed by atoms with E-state index in [1.807, 2.05) is 4.90 Å². The van der Waals surface area contributed by atoms with Crippen molar-refractivity contribution in [3.8, 4) is 0 Å². The van der Waals surface area contributed by atoms with Crippen LogP contribution in [0, 0.1) is 187 Å². The normalized spacial score (nSPS) is 44.9. The summed E-state index contributed by atoms with van der Waals surface area (Å²) in [5.74, 6) is 26.2. The Morgan fingerprint density at radius 1 is 0.490 bits per heavy atom. The van der Waals surface area contributed by atoms with Gasteiger partial charge in [0.25, 0.3) is 0 Å². The molecule has 16 unspecified atom stereocenters. The second-order valence-electron chi connectivity index (χ2n) is 43.0. The van der Waals surface area contributed by atoms with Gasteiger partial charge in [-0.25, -0.2) is 0 Å². The van der Waals surface area contributed by atoms with Crippen molar-refractivity contribution in [2.45, 2.75) is 377 Å². The number of fused-ring (bicyclic) bond motifs is 8. The van der Waals surface area contributed by atoms with Crippen LogP contribution in [0.15, 0.2) is 0 Å². The van der Waals surface area contributed by atoms with E-state index >= 15 is 0 Å². The number of nitrogens with zero attached hydrogens (tertiary/aromatic N) is 1. The Labute approximate surface area is 610 Å². The van der Waals surface area contributed by atoms with Crippen LogP contribution in [-0.4, -0.2) is 60.0 Å². The van der Waals surface area contributed by atoms with Crippen LogP contribution in [0.3, 0.4) is 0 Å². The lowest BCUT2D eigenvalue weighted by Crippen LogP contribution is -2.63. The molecule has 2 spiro atoms. The van der Waals surface area contributed by atoms with E-state index in [4.69, 9.17) is 9.47 Å². The number of piperidine rings is 1. The monoisotopic (exact) mass is 1360 g/mol. The van der Waals surface area contributed by atoms with Gasteiger partial charge in [-0.1, -0.05) is 173 Å². The van der Waals surface area contributed by atoms with E-state index in [1.54, 1.807) is 84.0 Å². The predicted molar refractivity (Wildman–Crippen MR) is 419 cm³/mol. The van der Waals surface area contributed by atoms with Crippen molar-refractivity contribution in [3.63, 3.8) is 0 Å². The van der Waals surface area contributed by atoms with Crippen LogP contribution in [0.25, 0.3) is 0 Å². The highest BCUT2D eigenvalue weighted by atomic mass is 16.5. The van der Waals surface area contributed by atoms with E-state index in [2.05, 4.69) is 152 Å². The number of rotatable bonds is 11. The topological polar surface area (TPSA) is 59.0 Å². The third-order valence-electron chi connectivity index (χ3n) is 33.7. The fourth-order valence-corrected chi connectivity index (χ4v) is 26.9. The number of aliphatic hydroxyl groups is 1. The second kappa shape index (κ2) is 33.2. The number of hydrogen-bond acceptors (Lipinski definition) is 4. The van der Waals surface area contributed by atoms with Gasteiger partial charge in [-0.3, -0.25) is 4.79 Å². The minimum Gasteiger partial charge on any atom is -0.396 e. The summed E-state index contributed by atoms with van der Waals surface area (Å²) < 4.78 is 11.6. The molecule has 5 nitrogen and oxygen atoms in total. The molecule has 98 heavy (non-hydrogen) atoms. The summed E-state index contributed by atoms with van der Waals surface area (Å²) in [6, 6.07) is 0. The van der Waals surface area contributed by atoms with Crippen LogP contribution in [0.2, 0.25) is 0 Å². The van der Waals surface area contributed by atoms with Crippen molar-refractivity contribution in [1.29, 1.82) is 0 Å². The summed E-state index contributed by atoms with van der Waals surface area (Å²) >= 11 is 0. The van der Waals surface area contributed by atoms with Crippen molar-refractivity contribution >= 4 is 5.91 Å². The van der Waals surface area contributed by atoms with Crippen LogP contribution in [-0.2, 0) is 14.3 Å². The highest BCUT2D eigenvalue weighted by Gasteiger charge is 2.67. The molecule has 0 radical (unpaired) electrons. The highest BCUT2D eigenvalue weighted by molar-refractivity contribution is 5.73. The molecule has 5 aliphatic heterocycles. The highest BCUT2D eigenvalue weighted by Crippen LogP contribution is 2.77. The van der Waals surface area contributed by atoms with Gasteiger partial charge in [0.05, 0.1) is 24.4 Å². The van der Waals surface area contributed by atoms with Gasteiger partial charge in [0.1, 0.15) is 0 Å². The smallest absolute Gasteiger partial charge is 0.219 e. The van der Waals surface area contributed by atoms with Crippen LogP contribution in [0.4, 0.5) is 0 Å². The van der Waals surface area contributed by atoms with E-state index in [0.29, 0.717) is 42.4 Å². The Morgan fingerprint density at radius 3 is 1.37 bits per heavy atom. The standard InChI is InChI=1S/C12H21NO.C12H22.C11H20O.C11H20.C10H18O.C10H18.C9H16O.C9H16.C8H14.CH4/c1-9(2)11-8-12(11)4-6-13(7-5-12)10(3)14;1-8(2)10-6-11-4-9(3)5-12(11)7-10;1-7(2)11-9-4-3-8(5-9)10(11)6-12;1-8(2)10-6-11(7-10)4-9(3)5-11;1-6(2)8-5-9-7(3)4-10(8)11-9;1-4-9-5-10(6-9,7-9)8(2)3;1-6(2)8-5-7-3-4-9(8)10-7;1-6(2)9-7-4-3-5-8(7)9;1-6(2)8-3-7(4-8)5-8;/h9,11H,4-8H2,1-3H3;8-12H,4-7H2,1-3H3;7-12H,3-6H2,1-2H3;8-10H,4-7H2,1-3H3;6-10H,4-5H2,1-3H3;8H,4-7H2,1-3H3;6-9H,3-5H2,1-2H3;6-9H,3-5H2,1-2H3;6-7H,3-5H2,1-2H3;1H4. The quantitative estimate of drug-likeness (QED) is 0.224. The molecule has 20 fully saturated rings. The first-order valence-electron chi connectivity index (χ1n) is 43.8. The molecule has 20 rings (SSSR count). The summed E-state index contributed by atoms with van der Waals surface area (Å²) in [4.78, 5) is 13.2. The van der Waals surface area contributed by atoms with Gasteiger partial charge in [-0.2, -0.15) is 0 Å². The molecule has 0 aromatic rings. The fourth-order valence-electron chi connectivity index (χ4n) is 26.9. The number of hydrogen-bond donors (Lipinski definition) is 1. The summed E-state index contributed by atoms with van der Waals surface area (Å²) in [6.45, 7) is 56.0. The van der Waals surface area contributed by atoms with Gasteiger partial charge in [-0.15, -0.1) is 0 Å². The van der Waals surface area contributed by atoms with E-state index < -0.39 is 0 Å². The summed E-state index contributed by atoms with van der Waals surface area (Å²) in [5.41, 5.74) is 4.05. The second-order valence-corrected chi connectivity index (χ2v) is 43.0. The summed E-state index contributed by atoms with van der Waals surface area (Å²) in [6.07, 6.45) is 45.0. The fraction of sp³-hybridized carbons (Fsp3) is 0.989. The van der Waals surface area contributed by atoms with E-state index in [9.17, 15) is 9.90 Å². The van der Waals surface area contributed by atoms with Gasteiger partial charge >= 0.3 is 0 Å². The van der Waals surface area contributed by atoms with Crippen molar-refractivity contribution in [2.75, 3.05) is 19.7 Å². The molecule has 10 bridgehead atoms. The Morgan fingerprint density at radius 2 is 1.03 bits per heavy atom. The molecule has 5 saturated heterocycles. The first-order chi connectivity index (χ1) is 45.7. The van der Waals surface area contributed by atoms with Crippen molar-refractivity contribution in [1.82, 2.24) is 4.90 Å². The predicted octanol–water partition coefficient (Wildman–Crippen LogP) is 25.4. The molecule has 5 heteroatoms.